The smallest absolute Gasteiger partial charge is 0.203 e. The number of anilines is 1. The molecular weight excluding hydrogens is 252 g/mol. The summed E-state index contributed by atoms with van der Waals surface area (Å²) in [5.74, 6) is 1.84. The van der Waals surface area contributed by atoms with Crippen molar-refractivity contribution in [2.45, 2.75) is 58.5 Å². The van der Waals surface area contributed by atoms with Gasteiger partial charge in [0.2, 0.25) is 5.95 Å². The highest BCUT2D eigenvalue weighted by Gasteiger charge is 2.16. The minimum Gasteiger partial charge on any atom is -0.361 e. The van der Waals surface area contributed by atoms with Gasteiger partial charge in [0.05, 0.1) is 12.2 Å². The van der Waals surface area contributed by atoms with Crippen LogP contribution in [0.1, 0.15) is 49.1 Å². The van der Waals surface area contributed by atoms with Crippen molar-refractivity contribution in [1.29, 1.82) is 0 Å². The lowest BCUT2D eigenvalue weighted by atomic mass is 9.96. The van der Waals surface area contributed by atoms with Gasteiger partial charge in [-0.1, -0.05) is 24.4 Å². The molecule has 1 N–H and O–H groups in total. The van der Waals surface area contributed by atoms with Gasteiger partial charge in [-0.05, 0) is 26.7 Å². The summed E-state index contributed by atoms with van der Waals surface area (Å²) < 4.78 is 7.37. The van der Waals surface area contributed by atoms with E-state index in [0.29, 0.717) is 6.04 Å². The van der Waals surface area contributed by atoms with Crippen molar-refractivity contribution in [2.24, 2.45) is 0 Å². The van der Waals surface area contributed by atoms with Crippen LogP contribution in [0.4, 0.5) is 5.95 Å². The van der Waals surface area contributed by atoms with Crippen LogP contribution in [-0.2, 0) is 6.54 Å². The fourth-order valence-corrected chi connectivity index (χ4v) is 2.90. The van der Waals surface area contributed by atoms with Crippen molar-refractivity contribution < 1.29 is 4.52 Å². The first kappa shape index (κ1) is 13.2. The van der Waals surface area contributed by atoms with Crippen molar-refractivity contribution in [3.8, 4) is 0 Å². The Labute approximate surface area is 119 Å². The van der Waals surface area contributed by atoms with Gasteiger partial charge in [-0.3, -0.25) is 0 Å². The average Bonchev–Trinajstić information content (AvgIpc) is 3.02. The van der Waals surface area contributed by atoms with Crippen LogP contribution >= 0.6 is 0 Å². The third kappa shape index (κ3) is 2.71. The Kier molecular flexibility index (Phi) is 3.76. The Morgan fingerprint density at radius 3 is 2.80 bits per heavy atom. The lowest BCUT2D eigenvalue weighted by Gasteiger charge is -2.23. The highest BCUT2D eigenvalue weighted by atomic mass is 16.5. The van der Waals surface area contributed by atoms with Gasteiger partial charge >= 0.3 is 0 Å². The topological polar surface area (TPSA) is 55.9 Å². The maximum atomic E-state index is 5.23. The number of imidazole rings is 1. The van der Waals surface area contributed by atoms with Gasteiger partial charge in [0.25, 0.3) is 0 Å². The third-order valence-electron chi connectivity index (χ3n) is 4.16. The first-order valence-corrected chi connectivity index (χ1v) is 7.43. The van der Waals surface area contributed by atoms with Crippen molar-refractivity contribution in [2.75, 3.05) is 5.32 Å². The Bertz CT molecular complexity index is 547. The Balaban J connectivity index is 1.73. The highest BCUT2D eigenvalue weighted by molar-refractivity contribution is 5.31. The Hall–Kier alpha value is -1.78. The van der Waals surface area contributed by atoms with Crippen LogP contribution in [-0.4, -0.2) is 20.7 Å². The van der Waals surface area contributed by atoms with Crippen LogP contribution in [0.25, 0.3) is 0 Å². The van der Waals surface area contributed by atoms with E-state index in [2.05, 4.69) is 20.0 Å². The summed E-state index contributed by atoms with van der Waals surface area (Å²) in [6, 6.07) is 0.564. The molecule has 108 valence electrons. The standard InChI is InChI=1S/C15H22N4O/c1-11-14(12(2)20-18-11)10-19-9-8-16-15(19)17-13-6-4-3-5-7-13/h8-9,13H,3-7,10H2,1-2H3,(H,16,17). The van der Waals surface area contributed by atoms with Gasteiger partial charge in [0.1, 0.15) is 5.76 Å². The summed E-state index contributed by atoms with van der Waals surface area (Å²) in [4.78, 5) is 4.45. The maximum Gasteiger partial charge on any atom is 0.203 e. The molecule has 0 atom stereocenters. The largest absolute Gasteiger partial charge is 0.361 e. The van der Waals surface area contributed by atoms with Crippen molar-refractivity contribution in [3.05, 3.63) is 29.4 Å². The molecule has 1 fully saturated rings. The molecule has 0 unspecified atom stereocenters. The number of rotatable bonds is 4. The molecule has 1 aliphatic rings. The van der Waals surface area contributed by atoms with E-state index < -0.39 is 0 Å². The van der Waals surface area contributed by atoms with Crippen molar-refractivity contribution >= 4 is 5.95 Å². The van der Waals surface area contributed by atoms with Crippen LogP contribution < -0.4 is 5.32 Å². The lowest BCUT2D eigenvalue weighted by molar-refractivity contribution is 0.392. The molecule has 2 aromatic heterocycles. The van der Waals surface area contributed by atoms with Gasteiger partial charge in [0.15, 0.2) is 0 Å². The van der Waals surface area contributed by atoms with Crippen LogP contribution in [0.3, 0.4) is 0 Å². The van der Waals surface area contributed by atoms with E-state index in [-0.39, 0.29) is 0 Å². The third-order valence-corrected chi connectivity index (χ3v) is 4.16. The molecule has 2 aromatic rings. The molecule has 0 radical (unpaired) electrons. The first-order valence-electron chi connectivity index (χ1n) is 7.43. The highest BCUT2D eigenvalue weighted by Crippen LogP contribution is 2.22. The summed E-state index contributed by atoms with van der Waals surface area (Å²) >= 11 is 0. The fourth-order valence-electron chi connectivity index (χ4n) is 2.90. The lowest BCUT2D eigenvalue weighted by Crippen LogP contribution is -2.24. The predicted molar refractivity (Wildman–Crippen MR) is 77.8 cm³/mol. The van der Waals surface area contributed by atoms with Gasteiger partial charge in [-0.25, -0.2) is 4.98 Å². The van der Waals surface area contributed by atoms with E-state index in [0.717, 1.165) is 29.5 Å². The second kappa shape index (κ2) is 5.69. The molecule has 0 aromatic carbocycles. The molecule has 5 nitrogen and oxygen atoms in total. The SMILES string of the molecule is Cc1noc(C)c1Cn1ccnc1NC1CCCCC1. The van der Waals surface area contributed by atoms with Crippen molar-refractivity contribution in [3.63, 3.8) is 0 Å². The van der Waals surface area contributed by atoms with E-state index in [4.69, 9.17) is 4.52 Å². The molecule has 2 heterocycles. The normalized spacial score (nSPS) is 16.5. The van der Waals surface area contributed by atoms with Crippen LogP contribution in [0, 0.1) is 13.8 Å². The van der Waals surface area contributed by atoms with E-state index in [1.807, 2.05) is 26.2 Å². The summed E-state index contributed by atoms with van der Waals surface area (Å²) in [5, 5.41) is 7.59. The van der Waals surface area contributed by atoms with E-state index >= 15 is 0 Å². The zero-order valence-electron chi connectivity index (χ0n) is 12.2. The van der Waals surface area contributed by atoms with Gasteiger partial charge in [-0.15, -0.1) is 0 Å². The molecular formula is C15H22N4O. The summed E-state index contributed by atoms with van der Waals surface area (Å²) in [6.45, 7) is 4.70. The first-order chi connectivity index (χ1) is 9.74. The van der Waals surface area contributed by atoms with E-state index in [1.165, 1.54) is 32.1 Å². The maximum absolute atomic E-state index is 5.23. The van der Waals surface area contributed by atoms with Crippen molar-refractivity contribution in [1.82, 2.24) is 14.7 Å². The number of nitrogens with zero attached hydrogens (tertiary/aromatic N) is 3. The zero-order chi connectivity index (χ0) is 13.9. The second-order valence-corrected chi connectivity index (χ2v) is 5.66. The number of aromatic nitrogens is 3. The number of nitrogens with one attached hydrogen (secondary N) is 1. The predicted octanol–water partition coefficient (Wildman–Crippen LogP) is 3.28. The van der Waals surface area contributed by atoms with Crippen LogP contribution in [0.2, 0.25) is 0 Å². The van der Waals surface area contributed by atoms with Crippen LogP contribution in [0.5, 0.6) is 0 Å². The second-order valence-electron chi connectivity index (χ2n) is 5.66. The fraction of sp³-hybridized carbons (Fsp3) is 0.600. The quantitative estimate of drug-likeness (QED) is 0.929. The molecule has 0 saturated heterocycles. The molecule has 1 saturated carbocycles. The number of aryl methyl sites for hydroxylation is 2. The van der Waals surface area contributed by atoms with E-state index in [1.54, 1.807) is 0 Å². The van der Waals surface area contributed by atoms with Gasteiger partial charge < -0.3 is 14.4 Å². The molecule has 1 aliphatic carbocycles. The van der Waals surface area contributed by atoms with Gasteiger partial charge in [0, 0.05) is 24.0 Å². The summed E-state index contributed by atoms with van der Waals surface area (Å²) in [5.41, 5.74) is 2.11. The minimum absolute atomic E-state index is 0.564. The molecule has 0 bridgehead atoms. The molecule has 20 heavy (non-hydrogen) atoms. The number of hydrogen-bond donors (Lipinski definition) is 1. The molecule has 5 heteroatoms. The summed E-state index contributed by atoms with van der Waals surface area (Å²) in [7, 11) is 0. The Morgan fingerprint density at radius 1 is 1.30 bits per heavy atom. The zero-order valence-corrected chi connectivity index (χ0v) is 12.2. The monoisotopic (exact) mass is 274 g/mol. The molecule has 0 aliphatic heterocycles. The summed E-state index contributed by atoms with van der Waals surface area (Å²) in [6.07, 6.45) is 10.4. The molecule has 0 amide bonds. The average molecular weight is 274 g/mol. The molecule has 3 rings (SSSR count). The van der Waals surface area contributed by atoms with Gasteiger partial charge in [-0.2, -0.15) is 0 Å². The molecule has 0 spiro atoms. The number of hydrogen-bond acceptors (Lipinski definition) is 4. The van der Waals surface area contributed by atoms with Crippen LogP contribution in [0.15, 0.2) is 16.9 Å². The Morgan fingerprint density at radius 2 is 2.10 bits per heavy atom. The van der Waals surface area contributed by atoms with E-state index in [9.17, 15) is 0 Å². The minimum atomic E-state index is 0.564.